The molecule has 0 bridgehead atoms. The summed E-state index contributed by atoms with van der Waals surface area (Å²) >= 11 is 5.25. The monoisotopic (exact) mass is 348 g/mol. The minimum atomic E-state index is -3.76. The number of primary sulfonamides is 1. The van der Waals surface area contributed by atoms with Crippen LogP contribution in [-0.4, -0.2) is 19.2 Å². The molecule has 2 aromatic carbocycles. The predicted octanol–water partition coefficient (Wildman–Crippen LogP) is 2.31. The maximum atomic E-state index is 12.3. The van der Waals surface area contributed by atoms with Gasteiger partial charge in [-0.05, 0) is 49.2 Å². The SMILES string of the molecule is Cc1cccc(C(=S)C(=O)Nc2ccc(S(N)(=O)=O)cc2)c1C. The summed E-state index contributed by atoms with van der Waals surface area (Å²) in [7, 11) is -3.76. The third-order valence-electron chi connectivity index (χ3n) is 3.50. The molecule has 0 heterocycles. The molecule has 0 saturated carbocycles. The van der Waals surface area contributed by atoms with E-state index in [4.69, 9.17) is 17.4 Å². The summed E-state index contributed by atoms with van der Waals surface area (Å²) in [5.41, 5.74) is 3.15. The van der Waals surface area contributed by atoms with Crippen LogP contribution in [0.25, 0.3) is 0 Å². The number of nitrogens with two attached hydrogens (primary N) is 1. The standard InChI is InChI=1S/C16H16N2O3S2/c1-10-4-3-5-14(11(10)2)15(22)16(19)18-12-6-8-13(9-7-12)23(17,20)21/h3-9H,1-2H3,(H,18,19)(H2,17,20,21). The number of benzene rings is 2. The average Bonchev–Trinajstić information content (AvgIpc) is 2.49. The summed E-state index contributed by atoms with van der Waals surface area (Å²) in [6, 6.07) is 11.2. The number of carbonyl (C=O) groups excluding carboxylic acids is 1. The topological polar surface area (TPSA) is 89.3 Å². The molecule has 23 heavy (non-hydrogen) atoms. The van der Waals surface area contributed by atoms with Crippen LogP contribution in [0.15, 0.2) is 47.4 Å². The number of carbonyl (C=O) groups is 1. The van der Waals surface area contributed by atoms with Crippen molar-refractivity contribution in [2.75, 3.05) is 5.32 Å². The number of nitrogens with one attached hydrogen (secondary N) is 1. The molecule has 0 unspecified atom stereocenters. The number of rotatable bonds is 4. The predicted molar refractivity (Wildman–Crippen MR) is 94.1 cm³/mol. The van der Waals surface area contributed by atoms with E-state index in [1.807, 2.05) is 26.0 Å². The third-order valence-corrected chi connectivity index (χ3v) is 4.83. The van der Waals surface area contributed by atoms with Crippen molar-refractivity contribution in [1.29, 1.82) is 0 Å². The van der Waals surface area contributed by atoms with E-state index in [0.717, 1.165) is 11.1 Å². The fourth-order valence-corrected chi connectivity index (χ4v) is 2.82. The van der Waals surface area contributed by atoms with Gasteiger partial charge >= 0.3 is 0 Å². The van der Waals surface area contributed by atoms with Crippen LogP contribution < -0.4 is 10.5 Å². The summed E-state index contributed by atoms with van der Waals surface area (Å²) in [6.07, 6.45) is 0. The molecule has 0 aliphatic heterocycles. The number of hydrogen-bond acceptors (Lipinski definition) is 4. The van der Waals surface area contributed by atoms with E-state index in [0.29, 0.717) is 11.3 Å². The first-order valence-electron chi connectivity index (χ1n) is 6.75. The summed E-state index contributed by atoms with van der Waals surface area (Å²) in [4.78, 5) is 12.4. The number of sulfonamides is 1. The summed E-state index contributed by atoms with van der Waals surface area (Å²) in [5, 5.41) is 7.68. The molecule has 2 aromatic rings. The molecule has 0 saturated heterocycles. The second-order valence-corrected chi connectivity index (χ2v) is 7.07. The molecule has 5 nitrogen and oxygen atoms in total. The quantitative estimate of drug-likeness (QED) is 0.655. The van der Waals surface area contributed by atoms with Gasteiger partial charge in [0.05, 0.1) is 4.90 Å². The Morgan fingerprint density at radius 1 is 1.09 bits per heavy atom. The maximum absolute atomic E-state index is 12.3. The van der Waals surface area contributed by atoms with E-state index in [1.165, 1.54) is 24.3 Å². The Kier molecular flexibility index (Phi) is 4.93. The molecule has 0 spiro atoms. The van der Waals surface area contributed by atoms with Gasteiger partial charge in [0, 0.05) is 11.3 Å². The Balaban J connectivity index is 2.19. The zero-order chi connectivity index (χ0) is 17.2. The minimum absolute atomic E-state index is 0.0207. The molecule has 0 aliphatic rings. The first-order valence-corrected chi connectivity index (χ1v) is 8.70. The molecule has 7 heteroatoms. The van der Waals surface area contributed by atoms with Crippen LogP contribution in [0.1, 0.15) is 16.7 Å². The van der Waals surface area contributed by atoms with Crippen molar-refractivity contribution in [2.45, 2.75) is 18.7 Å². The fraction of sp³-hybridized carbons (Fsp3) is 0.125. The lowest BCUT2D eigenvalue weighted by Crippen LogP contribution is -2.23. The van der Waals surface area contributed by atoms with Crippen LogP contribution in [0.3, 0.4) is 0 Å². The highest BCUT2D eigenvalue weighted by molar-refractivity contribution is 7.89. The van der Waals surface area contributed by atoms with Gasteiger partial charge in [-0.1, -0.05) is 30.4 Å². The second-order valence-electron chi connectivity index (χ2n) is 5.10. The van der Waals surface area contributed by atoms with Gasteiger partial charge in [-0.3, -0.25) is 4.79 Å². The average molecular weight is 348 g/mol. The number of aryl methyl sites for hydroxylation is 1. The van der Waals surface area contributed by atoms with Crippen molar-refractivity contribution >= 4 is 38.7 Å². The van der Waals surface area contributed by atoms with Crippen molar-refractivity contribution in [3.63, 3.8) is 0 Å². The molecular formula is C16H16N2O3S2. The van der Waals surface area contributed by atoms with Gasteiger partial charge in [-0.15, -0.1) is 0 Å². The lowest BCUT2D eigenvalue weighted by atomic mass is 10.0. The zero-order valence-electron chi connectivity index (χ0n) is 12.7. The number of thiocarbonyl (C=S) groups is 1. The Morgan fingerprint density at radius 3 is 2.26 bits per heavy atom. The van der Waals surface area contributed by atoms with Crippen LogP contribution in [-0.2, 0) is 14.8 Å². The van der Waals surface area contributed by atoms with Crippen LogP contribution in [0.5, 0.6) is 0 Å². The number of hydrogen-bond donors (Lipinski definition) is 2. The number of anilines is 1. The molecular weight excluding hydrogens is 332 g/mol. The van der Waals surface area contributed by atoms with E-state index in [2.05, 4.69) is 5.32 Å². The third kappa shape index (κ3) is 4.01. The van der Waals surface area contributed by atoms with E-state index in [-0.39, 0.29) is 9.76 Å². The van der Waals surface area contributed by atoms with Crippen LogP contribution in [0.2, 0.25) is 0 Å². The molecule has 0 aromatic heterocycles. The molecule has 1 amide bonds. The van der Waals surface area contributed by atoms with Gasteiger partial charge in [-0.25, -0.2) is 13.6 Å². The molecule has 0 aliphatic carbocycles. The Morgan fingerprint density at radius 2 is 1.70 bits per heavy atom. The Labute approximate surface area is 140 Å². The van der Waals surface area contributed by atoms with Crippen LogP contribution in [0, 0.1) is 13.8 Å². The highest BCUT2D eigenvalue weighted by atomic mass is 32.2. The van der Waals surface area contributed by atoms with Crippen LogP contribution in [0.4, 0.5) is 5.69 Å². The molecule has 3 N–H and O–H groups in total. The molecule has 120 valence electrons. The smallest absolute Gasteiger partial charge is 0.267 e. The highest BCUT2D eigenvalue weighted by Gasteiger charge is 2.15. The highest BCUT2D eigenvalue weighted by Crippen LogP contribution is 2.16. The number of amides is 1. The van der Waals surface area contributed by atoms with E-state index < -0.39 is 15.9 Å². The van der Waals surface area contributed by atoms with Crippen LogP contribution >= 0.6 is 12.2 Å². The lowest BCUT2D eigenvalue weighted by Gasteiger charge is -2.10. The van der Waals surface area contributed by atoms with Crippen molar-refractivity contribution in [1.82, 2.24) is 0 Å². The molecule has 0 atom stereocenters. The zero-order valence-corrected chi connectivity index (χ0v) is 14.3. The minimum Gasteiger partial charge on any atom is -0.321 e. The molecule has 2 rings (SSSR count). The van der Waals surface area contributed by atoms with Gasteiger partial charge in [0.15, 0.2) is 0 Å². The first-order chi connectivity index (χ1) is 10.7. The Hall–Kier alpha value is -2.09. The van der Waals surface area contributed by atoms with Gasteiger partial charge in [-0.2, -0.15) is 0 Å². The van der Waals surface area contributed by atoms with Gasteiger partial charge < -0.3 is 5.32 Å². The molecule has 0 fully saturated rings. The Bertz CT molecular complexity index is 873. The maximum Gasteiger partial charge on any atom is 0.267 e. The summed E-state index contributed by atoms with van der Waals surface area (Å²) < 4.78 is 22.4. The lowest BCUT2D eigenvalue weighted by molar-refractivity contribution is -0.110. The fourth-order valence-electron chi connectivity index (χ4n) is 2.04. The normalized spacial score (nSPS) is 11.1. The first kappa shape index (κ1) is 17.3. The van der Waals surface area contributed by atoms with Crippen molar-refractivity contribution in [2.24, 2.45) is 5.14 Å². The van der Waals surface area contributed by atoms with Gasteiger partial charge in [0.1, 0.15) is 4.86 Å². The second kappa shape index (κ2) is 6.57. The van der Waals surface area contributed by atoms with E-state index in [9.17, 15) is 13.2 Å². The summed E-state index contributed by atoms with van der Waals surface area (Å²) in [5.74, 6) is -0.419. The summed E-state index contributed by atoms with van der Waals surface area (Å²) in [6.45, 7) is 3.86. The molecule has 0 radical (unpaired) electrons. The van der Waals surface area contributed by atoms with Gasteiger partial charge in [0.25, 0.3) is 5.91 Å². The van der Waals surface area contributed by atoms with Crippen molar-refractivity contribution in [3.8, 4) is 0 Å². The van der Waals surface area contributed by atoms with Crippen molar-refractivity contribution in [3.05, 3.63) is 59.2 Å². The van der Waals surface area contributed by atoms with E-state index >= 15 is 0 Å². The van der Waals surface area contributed by atoms with E-state index in [1.54, 1.807) is 6.07 Å². The van der Waals surface area contributed by atoms with Gasteiger partial charge in [0.2, 0.25) is 10.0 Å². The van der Waals surface area contributed by atoms with Crippen molar-refractivity contribution < 1.29 is 13.2 Å². The largest absolute Gasteiger partial charge is 0.321 e.